The lowest BCUT2D eigenvalue weighted by Gasteiger charge is -2.10. The van der Waals surface area contributed by atoms with Crippen molar-refractivity contribution in [1.29, 1.82) is 0 Å². The highest BCUT2D eigenvalue weighted by atomic mass is 16.4. The molecular formula is C14H17NO2. The van der Waals surface area contributed by atoms with Crippen molar-refractivity contribution in [1.82, 2.24) is 4.98 Å². The summed E-state index contributed by atoms with van der Waals surface area (Å²) in [5.74, 6) is -0.279. The molecule has 1 aromatic rings. The molecule has 0 saturated heterocycles. The Bertz CT molecular complexity index is 450. The molecule has 0 radical (unpaired) electrons. The summed E-state index contributed by atoms with van der Waals surface area (Å²) >= 11 is 0. The summed E-state index contributed by atoms with van der Waals surface area (Å²) in [5, 5.41) is 9.04. The summed E-state index contributed by atoms with van der Waals surface area (Å²) in [6.45, 7) is 0. The number of pyridine rings is 1. The minimum atomic E-state index is -0.689. The van der Waals surface area contributed by atoms with Crippen LogP contribution in [0.2, 0.25) is 0 Å². The molecule has 1 N–H and O–H groups in total. The number of carboxylic acids is 1. The lowest BCUT2D eigenvalue weighted by atomic mass is 9.97. The predicted octanol–water partition coefficient (Wildman–Crippen LogP) is 2.54. The van der Waals surface area contributed by atoms with Gasteiger partial charge in [-0.25, -0.2) is 0 Å². The normalized spacial score (nSPS) is 23.9. The van der Waals surface area contributed by atoms with E-state index in [-0.39, 0.29) is 5.92 Å². The van der Waals surface area contributed by atoms with Gasteiger partial charge in [-0.05, 0) is 36.3 Å². The highest BCUT2D eigenvalue weighted by Gasteiger charge is 2.29. The van der Waals surface area contributed by atoms with Crippen molar-refractivity contribution in [3.05, 3.63) is 29.1 Å². The van der Waals surface area contributed by atoms with Crippen LogP contribution in [0.3, 0.4) is 0 Å². The molecule has 1 fully saturated rings. The van der Waals surface area contributed by atoms with Crippen molar-refractivity contribution in [2.24, 2.45) is 5.92 Å². The van der Waals surface area contributed by atoms with Crippen LogP contribution in [0.25, 0.3) is 0 Å². The van der Waals surface area contributed by atoms with E-state index in [1.165, 1.54) is 36.8 Å². The minimum Gasteiger partial charge on any atom is -0.481 e. The number of nitrogens with zero attached hydrogens (tertiary/aromatic N) is 1. The molecule has 0 aliphatic heterocycles. The van der Waals surface area contributed by atoms with Gasteiger partial charge in [-0.15, -0.1) is 0 Å². The Kier molecular flexibility index (Phi) is 2.61. The fourth-order valence-electron chi connectivity index (χ4n) is 3.15. The van der Waals surface area contributed by atoms with Gasteiger partial charge in [0.1, 0.15) is 0 Å². The van der Waals surface area contributed by atoms with E-state index in [2.05, 4.69) is 11.1 Å². The number of carbonyl (C=O) groups is 1. The number of rotatable bonds is 2. The molecule has 3 heteroatoms. The molecule has 1 saturated carbocycles. The third-order valence-electron chi connectivity index (χ3n) is 4.16. The second-order valence-corrected chi connectivity index (χ2v) is 5.30. The lowest BCUT2D eigenvalue weighted by Crippen LogP contribution is -2.13. The van der Waals surface area contributed by atoms with Crippen LogP contribution >= 0.6 is 0 Å². The van der Waals surface area contributed by atoms with E-state index in [0.29, 0.717) is 18.8 Å². The molecule has 0 spiro atoms. The highest BCUT2D eigenvalue weighted by molar-refractivity contribution is 5.72. The van der Waals surface area contributed by atoms with E-state index >= 15 is 0 Å². The molecule has 3 nitrogen and oxygen atoms in total. The first-order valence-corrected chi connectivity index (χ1v) is 6.44. The minimum absolute atomic E-state index is 0.253. The number of hydrogen-bond donors (Lipinski definition) is 1. The monoisotopic (exact) mass is 231 g/mol. The average molecular weight is 231 g/mol. The van der Waals surface area contributed by atoms with Gasteiger partial charge in [0, 0.05) is 18.3 Å². The zero-order valence-corrected chi connectivity index (χ0v) is 9.85. The molecule has 3 rings (SSSR count). The number of aliphatic carboxylic acids is 1. The predicted molar refractivity (Wildman–Crippen MR) is 64.0 cm³/mol. The van der Waals surface area contributed by atoms with Gasteiger partial charge in [-0.2, -0.15) is 0 Å². The summed E-state index contributed by atoms with van der Waals surface area (Å²) in [7, 11) is 0. The van der Waals surface area contributed by atoms with Crippen molar-refractivity contribution in [3.8, 4) is 0 Å². The molecule has 1 atom stereocenters. The fourth-order valence-corrected chi connectivity index (χ4v) is 3.15. The lowest BCUT2D eigenvalue weighted by molar-refractivity contribution is -0.141. The molecule has 0 aromatic carbocycles. The highest BCUT2D eigenvalue weighted by Crippen LogP contribution is 2.36. The fraction of sp³-hybridized carbons (Fsp3) is 0.571. The van der Waals surface area contributed by atoms with Crippen LogP contribution in [0.5, 0.6) is 0 Å². The number of aromatic nitrogens is 1. The molecule has 1 unspecified atom stereocenters. The molecule has 17 heavy (non-hydrogen) atoms. The molecule has 0 bridgehead atoms. The van der Waals surface area contributed by atoms with Crippen LogP contribution in [0.4, 0.5) is 0 Å². The Balaban J connectivity index is 1.84. The standard InChI is InChI=1S/C14H17NO2/c16-14(17)11-5-10-6-12(8-15-13(10)7-11)9-3-1-2-4-9/h6,8-9,11H,1-5,7H2,(H,16,17). The molecular weight excluding hydrogens is 214 g/mol. The van der Waals surface area contributed by atoms with Crippen LogP contribution in [0, 0.1) is 5.92 Å². The Hall–Kier alpha value is -1.38. The van der Waals surface area contributed by atoms with Crippen molar-refractivity contribution in [2.75, 3.05) is 0 Å². The maximum absolute atomic E-state index is 11.0. The molecule has 0 amide bonds. The average Bonchev–Trinajstić information content (AvgIpc) is 2.97. The van der Waals surface area contributed by atoms with Crippen molar-refractivity contribution < 1.29 is 9.90 Å². The van der Waals surface area contributed by atoms with E-state index in [9.17, 15) is 4.79 Å². The molecule has 90 valence electrons. The third kappa shape index (κ3) is 1.94. The van der Waals surface area contributed by atoms with Crippen LogP contribution in [-0.2, 0) is 17.6 Å². The molecule has 2 aliphatic rings. The van der Waals surface area contributed by atoms with Crippen molar-refractivity contribution >= 4 is 5.97 Å². The van der Waals surface area contributed by atoms with E-state index in [1.807, 2.05) is 6.20 Å². The summed E-state index contributed by atoms with van der Waals surface area (Å²) < 4.78 is 0. The summed E-state index contributed by atoms with van der Waals surface area (Å²) in [6, 6.07) is 2.21. The van der Waals surface area contributed by atoms with Gasteiger partial charge in [0.05, 0.1) is 5.92 Å². The maximum atomic E-state index is 11.0. The first-order chi connectivity index (χ1) is 8.24. The second-order valence-electron chi connectivity index (χ2n) is 5.30. The van der Waals surface area contributed by atoms with Gasteiger partial charge in [0.15, 0.2) is 0 Å². The van der Waals surface area contributed by atoms with Crippen molar-refractivity contribution in [3.63, 3.8) is 0 Å². The zero-order chi connectivity index (χ0) is 11.8. The van der Waals surface area contributed by atoms with E-state index in [0.717, 1.165) is 5.69 Å². The van der Waals surface area contributed by atoms with E-state index < -0.39 is 5.97 Å². The van der Waals surface area contributed by atoms with Crippen molar-refractivity contribution in [2.45, 2.75) is 44.4 Å². The number of carboxylic acid groups (broad SMARTS) is 1. The van der Waals surface area contributed by atoms with Crippen LogP contribution < -0.4 is 0 Å². The zero-order valence-electron chi connectivity index (χ0n) is 9.85. The van der Waals surface area contributed by atoms with Crippen LogP contribution in [-0.4, -0.2) is 16.1 Å². The Morgan fingerprint density at radius 1 is 1.29 bits per heavy atom. The SMILES string of the molecule is O=C(O)C1Cc2cc(C3CCCC3)cnc2C1. The smallest absolute Gasteiger partial charge is 0.307 e. The molecule has 1 heterocycles. The molecule has 1 aromatic heterocycles. The topological polar surface area (TPSA) is 50.2 Å². The number of fused-ring (bicyclic) bond motifs is 1. The van der Waals surface area contributed by atoms with E-state index in [4.69, 9.17) is 5.11 Å². The van der Waals surface area contributed by atoms with Crippen LogP contribution in [0.1, 0.15) is 48.4 Å². The first kappa shape index (κ1) is 10.8. The van der Waals surface area contributed by atoms with Crippen LogP contribution in [0.15, 0.2) is 12.3 Å². The Morgan fingerprint density at radius 3 is 2.76 bits per heavy atom. The number of hydrogen-bond acceptors (Lipinski definition) is 2. The summed E-state index contributed by atoms with van der Waals surface area (Å²) in [4.78, 5) is 15.5. The quantitative estimate of drug-likeness (QED) is 0.851. The van der Waals surface area contributed by atoms with Gasteiger partial charge in [-0.3, -0.25) is 9.78 Å². The van der Waals surface area contributed by atoms with Gasteiger partial charge in [0.25, 0.3) is 0 Å². The summed E-state index contributed by atoms with van der Waals surface area (Å²) in [5.41, 5.74) is 3.49. The first-order valence-electron chi connectivity index (χ1n) is 6.44. The Labute approximate surface area is 101 Å². The molecule has 2 aliphatic carbocycles. The van der Waals surface area contributed by atoms with Gasteiger partial charge in [0.2, 0.25) is 0 Å². The van der Waals surface area contributed by atoms with Gasteiger partial charge < -0.3 is 5.11 Å². The largest absolute Gasteiger partial charge is 0.481 e. The summed E-state index contributed by atoms with van der Waals surface area (Å²) in [6.07, 6.45) is 8.41. The van der Waals surface area contributed by atoms with Gasteiger partial charge in [-0.1, -0.05) is 18.9 Å². The second kappa shape index (κ2) is 4.13. The van der Waals surface area contributed by atoms with E-state index in [1.54, 1.807) is 0 Å². The third-order valence-corrected chi connectivity index (χ3v) is 4.16. The van der Waals surface area contributed by atoms with Gasteiger partial charge >= 0.3 is 5.97 Å². The maximum Gasteiger partial charge on any atom is 0.307 e. The Morgan fingerprint density at radius 2 is 2.06 bits per heavy atom.